The van der Waals surface area contributed by atoms with Crippen molar-refractivity contribution in [3.8, 4) is 0 Å². The third-order valence-electron chi connectivity index (χ3n) is 3.18. The first kappa shape index (κ1) is 14.9. The number of nitrogens with zero attached hydrogens (tertiary/aromatic N) is 1. The van der Waals surface area contributed by atoms with E-state index in [4.69, 9.17) is 0 Å². The molecule has 108 valence electrons. The number of benzene rings is 2. The summed E-state index contributed by atoms with van der Waals surface area (Å²) < 4.78 is 0. The average molecular weight is 284 g/mol. The highest BCUT2D eigenvalue weighted by Crippen LogP contribution is 2.13. The van der Waals surface area contributed by atoms with Crippen molar-refractivity contribution in [3.63, 3.8) is 0 Å². The van der Waals surface area contributed by atoms with E-state index in [1.165, 1.54) is 0 Å². The van der Waals surface area contributed by atoms with Crippen molar-refractivity contribution < 1.29 is 9.90 Å². The van der Waals surface area contributed by atoms with Crippen LogP contribution in [0.5, 0.6) is 0 Å². The molecule has 2 aromatic rings. The second-order valence-electron chi connectivity index (χ2n) is 4.72. The maximum absolute atomic E-state index is 11.3. The minimum absolute atomic E-state index is 0.336. The third-order valence-corrected chi connectivity index (χ3v) is 3.18. The molecule has 0 spiro atoms. The largest absolute Gasteiger partial charge is 0.480 e. The number of hydrogen-bond donors (Lipinski definition) is 2. The summed E-state index contributed by atoms with van der Waals surface area (Å²) in [6.07, 6.45) is 0.349. The van der Waals surface area contributed by atoms with Crippen molar-refractivity contribution in [2.24, 2.45) is 5.18 Å². The van der Waals surface area contributed by atoms with Crippen LogP contribution in [0.4, 0.5) is 5.69 Å². The number of nitrogens with one attached hydrogen (secondary N) is 1. The second-order valence-corrected chi connectivity index (χ2v) is 4.72. The molecule has 0 fully saturated rings. The van der Waals surface area contributed by atoms with E-state index >= 15 is 0 Å². The normalized spacial score (nSPS) is 11.8. The van der Waals surface area contributed by atoms with Crippen molar-refractivity contribution in [2.75, 3.05) is 0 Å². The lowest BCUT2D eigenvalue weighted by Crippen LogP contribution is -2.38. The second kappa shape index (κ2) is 7.31. The van der Waals surface area contributed by atoms with E-state index in [9.17, 15) is 14.8 Å². The Morgan fingerprint density at radius 3 is 2.29 bits per heavy atom. The molecule has 0 bridgehead atoms. The summed E-state index contributed by atoms with van der Waals surface area (Å²) in [5.41, 5.74) is 2.21. The van der Waals surface area contributed by atoms with Crippen molar-refractivity contribution in [1.82, 2.24) is 5.32 Å². The number of carboxylic acids is 1. The van der Waals surface area contributed by atoms with Gasteiger partial charge in [-0.25, -0.2) is 0 Å². The molecule has 0 unspecified atom stereocenters. The Morgan fingerprint density at radius 2 is 1.71 bits per heavy atom. The van der Waals surface area contributed by atoms with Crippen LogP contribution in [-0.2, 0) is 17.8 Å². The zero-order chi connectivity index (χ0) is 15.1. The molecule has 2 aromatic carbocycles. The fraction of sp³-hybridized carbons (Fsp3) is 0.188. The Kier molecular flexibility index (Phi) is 5.17. The summed E-state index contributed by atoms with van der Waals surface area (Å²) in [4.78, 5) is 21.7. The maximum atomic E-state index is 11.3. The van der Waals surface area contributed by atoms with E-state index in [1.807, 2.05) is 30.3 Å². The zero-order valence-electron chi connectivity index (χ0n) is 11.4. The minimum Gasteiger partial charge on any atom is -0.480 e. The number of hydrogen-bond acceptors (Lipinski definition) is 4. The molecule has 0 radical (unpaired) electrons. The van der Waals surface area contributed by atoms with Gasteiger partial charge in [-0.1, -0.05) is 42.5 Å². The van der Waals surface area contributed by atoms with Gasteiger partial charge in [0.15, 0.2) is 0 Å². The van der Waals surface area contributed by atoms with Crippen molar-refractivity contribution in [2.45, 2.75) is 19.0 Å². The highest BCUT2D eigenvalue weighted by Gasteiger charge is 2.17. The number of carboxylic acid groups (broad SMARTS) is 1. The molecule has 5 heteroatoms. The topological polar surface area (TPSA) is 78.8 Å². The molecular weight excluding hydrogens is 268 g/mol. The lowest BCUT2D eigenvalue weighted by molar-refractivity contribution is -0.139. The number of carbonyl (C=O) groups is 1. The standard InChI is InChI=1S/C16H16N2O3/c19-16(20)15(17-11-13-4-2-1-3-5-13)10-12-6-8-14(18-21)9-7-12/h1-9,15,17H,10-11H2,(H,19,20)/t15-/m0/s1. The fourth-order valence-electron chi connectivity index (χ4n) is 2.01. The number of aliphatic carboxylic acids is 1. The van der Waals surface area contributed by atoms with Crippen molar-refractivity contribution in [1.29, 1.82) is 0 Å². The highest BCUT2D eigenvalue weighted by atomic mass is 16.4. The van der Waals surface area contributed by atoms with Crippen molar-refractivity contribution >= 4 is 11.7 Å². The van der Waals surface area contributed by atoms with Gasteiger partial charge in [-0.3, -0.25) is 4.79 Å². The zero-order valence-corrected chi connectivity index (χ0v) is 11.4. The maximum Gasteiger partial charge on any atom is 0.321 e. The van der Waals surface area contributed by atoms with Crippen LogP contribution in [0.25, 0.3) is 0 Å². The lowest BCUT2D eigenvalue weighted by atomic mass is 10.1. The van der Waals surface area contributed by atoms with Gasteiger partial charge in [-0.15, -0.1) is 4.91 Å². The SMILES string of the molecule is O=Nc1ccc(C[C@H](NCc2ccccc2)C(=O)O)cc1. The summed E-state index contributed by atoms with van der Waals surface area (Å²) >= 11 is 0. The van der Waals surface area contributed by atoms with E-state index in [1.54, 1.807) is 24.3 Å². The molecule has 2 rings (SSSR count). The molecule has 5 nitrogen and oxygen atoms in total. The van der Waals surface area contributed by atoms with Gasteiger partial charge in [0.1, 0.15) is 11.7 Å². The van der Waals surface area contributed by atoms with Gasteiger partial charge in [0, 0.05) is 6.54 Å². The van der Waals surface area contributed by atoms with Crippen LogP contribution in [0.15, 0.2) is 59.8 Å². The molecule has 0 aliphatic rings. The Labute approximate surface area is 122 Å². The van der Waals surface area contributed by atoms with Gasteiger partial charge in [-0.05, 0) is 34.9 Å². The van der Waals surface area contributed by atoms with Crippen LogP contribution >= 0.6 is 0 Å². The van der Waals surface area contributed by atoms with E-state index in [0.717, 1.165) is 11.1 Å². The van der Waals surface area contributed by atoms with Gasteiger partial charge in [0.2, 0.25) is 0 Å². The predicted octanol–water partition coefficient (Wildman–Crippen LogP) is 2.87. The molecule has 0 saturated carbocycles. The molecule has 0 amide bonds. The molecular formula is C16H16N2O3. The van der Waals surface area contributed by atoms with Gasteiger partial charge < -0.3 is 10.4 Å². The molecule has 0 aliphatic heterocycles. The van der Waals surface area contributed by atoms with Gasteiger partial charge in [0.25, 0.3) is 0 Å². The van der Waals surface area contributed by atoms with E-state index in [2.05, 4.69) is 10.5 Å². The Morgan fingerprint density at radius 1 is 1.05 bits per heavy atom. The first-order valence-electron chi connectivity index (χ1n) is 6.61. The lowest BCUT2D eigenvalue weighted by Gasteiger charge is -2.14. The van der Waals surface area contributed by atoms with Gasteiger partial charge in [0.05, 0.1) is 0 Å². The summed E-state index contributed by atoms with van der Waals surface area (Å²) in [5, 5.41) is 15.1. The summed E-state index contributed by atoms with van der Waals surface area (Å²) in [7, 11) is 0. The number of nitroso groups, excluding NO2 is 1. The quantitative estimate of drug-likeness (QED) is 0.766. The molecule has 21 heavy (non-hydrogen) atoms. The Hall–Kier alpha value is -2.53. The Balaban J connectivity index is 1.98. The molecule has 0 heterocycles. The highest BCUT2D eigenvalue weighted by molar-refractivity contribution is 5.74. The van der Waals surface area contributed by atoms with Gasteiger partial charge >= 0.3 is 5.97 Å². The molecule has 1 atom stereocenters. The monoisotopic (exact) mass is 284 g/mol. The average Bonchev–Trinajstić information content (AvgIpc) is 2.52. The molecule has 0 aliphatic carbocycles. The van der Waals surface area contributed by atoms with Gasteiger partial charge in [-0.2, -0.15) is 0 Å². The number of rotatable bonds is 7. The van der Waals surface area contributed by atoms with E-state index in [-0.39, 0.29) is 0 Å². The molecule has 2 N–H and O–H groups in total. The van der Waals surface area contributed by atoms with Crippen LogP contribution < -0.4 is 5.32 Å². The van der Waals surface area contributed by atoms with Crippen LogP contribution in [0, 0.1) is 4.91 Å². The van der Waals surface area contributed by atoms with E-state index in [0.29, 0.717) is 18.7 Å². The van der Waals surface area contributed by atoms with E-state index < -0.39 is 12.0 Å². The predicted molar refractivity (Wildman–Crippen MR) is 80.3 cm³/mol. The molecule has 0 saturated heterocycles. The first-order valence-corrected chi connectivity index (χ1v) is 6.61. The van der Waals surface area contributed by atoms with Crippen LogP contribution in [0.2, 0.25) is 0 Å². The first-order chi connectivity index (χ1) is 10.2. The minimum atomic E-state index is -0.900. The summed E-state index contributed by atoms with van der Waals surface area (Å²) in [6, 6.07) is 15.6. The fourth-order valence-corrected chi connectivity index (χ4v) is 2.01. The smallest absolute Gasteiger partial charge is 0.321 e. The van der Waals surface area contributed by atoms with Crippen molar-refractivity contribution in [3.05, 3.63) is 70.6 Å². The third kappa shape index (κ3) is 4.50. The Bertz CT molecular complexity index is 597. The summed E-state index contributed by atoms with van der Waals surface area (Å²) in [5.74, 6) is -0.900. The van der Waals surface area contributed by atoms with Crippen LogP contribution in [0.1, 0.15) is 11.1 Å². The summed E-state index contributed by atoms with van der Waals surface area (Å²) in [6.45, 7) is 0.492. The van der Waals surface area contributed by atoms with Crippen LogP contribution in [0.3, 0.4) is 0 Å². The van der Waals surface area contributed by atoms with Crippen LogP contribution in [-0.4, -0.2) is 17.1 Å². The molecule has 0 aromatic heterocycles.